The molecule has 0 aliphatic rings. The highest BCUT2D eigenvalue weighted by Crippen LogP contribution is 2.00. The summed E-state index contributed by atoms with van der Waals surface area (Å²) in [4.78, 5) is 23.0. The molecule has 22 heavy (non-hydrogen) atoms. The number of rotatable bonds is 7. The standard InChI is InChI=1S/C16H16N2O4/c1-3-5-7-13(11-17)15(19)21-9-10-22-16(20)14(12-18)8-6-4-2/h3-8H,9-10H2,1-2H3/b5-3+,6-4+,13-7+,14-8+. The Bertz CT molecular complexity index is 545. The molecule has 0 aliphatic carbocycles. The van der Waals surface area contributed by atoms with Gasteiger partial charge in [-0.15, -0.1) is 0 Å². The summed E-state index contributed by atoms with van der Waals surface area (Å²) >= 11 is 0. The second kappa shape index (κ2) is 11.7. The molecule has 0 radical (unpaired) electrons. The molecular weight excluding hydrogens is 284 g/mol. The van der Waals surface area contributed by atoms with Gasteiger partial charge in [-0.1, -0.05) is 24.3 Å². The van der Waals surface area contributed by atoms with Crippen LogP contribution in [-0.4, -0.2) is 25.2 Å². The Balaban J connectivity index is 4.34. The van der Waals surface area contributed by atoms with Crippen LogP contribution in [0.1, 0.15) is 13.8 Å². The van der Waals surface area contributed by atoms with E-state index in [9.17, 15) is 9.59 Å². The number of allylic oxidation sites excluding steroid dienone is 6. The Labute approximate surface area is 129 Å². The second-order valence-corrected chi connectivity index (χ2v) is 3.71. The molecule has 0 aliphatic heterocycles. The van der Waals surface area contributed by atoms with Crippen LogP contribution in [0.5, 0.6) is 0 Å². The van der Waals surface area contributed by atoms with Crippen LogP contribution in [0.25, 0.3) is 0 Å². The summed E-state index contributed by atoms with van der Waals surface area (Å²) < 4.78 is 9.56. The predicted molar refractivity (Wildman–Crippen MR) is 78.9 cm³/mol. The van der Waals surface area contributed by atoms with E-state index in [0.717, 1.165) is 0 Å². The molecule has 0 aromatic carbocycles. The third-order valence-electron chi connectivity index (χ3n) is 2.14. The van der Waals surface area contributed by atoms with Crippen molar-refractivity contribution in [3.63, 3.8) is 0 Å². The summed E-state index contributed by atoms with van der Waals surface area (Å²) in [6, 6.07) is 3.41. The maximum atomic E-state index is 11.5. The lowest BCUT2D eigenvalue weighted by molar-refractivity contribution is -0.146. The fourth-order valence-electron chi connectivity index (χ4n) is 1.11. The van der Waals surface area contributed by atoms with E-state index in [4.69, 9.17) is 20.0 Å². The van der Waals surface area contributed by atoms with Gasteiger partial charge in [0.25, 0.3) is 0 Å². The first-order valence-corrected chi connectivity index (χ1v) is 6.41. The molecule has 6 nitrogen and oxygen atoms in total. The van der Waals surface area contributed by atoms with E-state index in [1.54, 1.807) is 38.1 Å². The molecular formula is C16H16N2O4. The van der Waals surface area contributed by atoms with Gasteiger partial charge < -0.3 is 9.47 Å². The largest absolute Gasteiger partial charge is 0.458 e. The van der Waals surface area contributed by atoms with Crippen LogP contribution in [0.2, 0.25) is 0 Å². The predicted octanol–water partition coefficient (Wildman–Crippen LogP) is 2.12. The highest BCUT2D eigenvalue weighted by atomic mass is 16.6. The minimum atomic E-state index is -0.804. The fraction of sp³-hybridized carbons (Fsp3) is 0.250. The van der Waals surface area contributed by atoms with Gasteiger partial charge >= 0.3 is 11.9 Å². The zero-order valence-corrected chi connectivity index (χ0v) is 12.4. The zero-order chi connectivity index (χ0) is 16.8. The van der Waals surface area contributed by atoms with E-state index in [2.05, 4.69) is 0 Å². The van der Waals surface area contributed by atoms with Gasteiger partial charge in [0, 0.05) is 0 Å². The molecule has 0 N–H and O–H groups in total. The number of hydrogen-bond acceptors (Lipinski definition) is 6. The second-order valence-electron chi connectivity index (χ2n) is 3.71. The molecule has 114 valence electrons. The van der Waals surface area contributed by atoms with Crippen molar-refractivity contribution in [1.82, 2.24) is 0 Å². The molecule has 0 aromatic rings. The average molecular weight is 300 g/mol. The average Bonchev–Trinajstić information content (AvgIpc) is 2.53. The van der Waals surface area contributed by atoms with Gasteiger partial charge in [0.05, 0.1) is 0 Å². The summed E-state index contributed by atoms with van der Waals surface area (Å²) in [6.45, 7) is 3.07. The molecule has 6 heteroatoms. The molecule has 0 bridgehead atoms. The fourth-order valence-corrected chi connectivity index (χ4v) is 1.11. The molecule has 0 heterocycles. The summed E-state index contributed by atoms with van der Waals surface area (Å²) in [5.41, 5.74) is -0.315. The Hall–Kier alpha value is -3.12. The first-order chi connectivity index (χ1) is 10.6. The van der Waals surface area contributed by atoms with Crippen molar-refractivity contribution in [3.05, 3.63) is 47.6 Å². The smallest absolute Gasteiger partial charge is 0.349 e. The maximum absolute atomic E-state index is 11.5. The van der Waals surface area contributed by atoms with Crippen molar-refractivity contribution in [2.75, 3.05) is 13.2 Å². The van der Waals surface area contributed by atoms with Gasteiger partial charge in [-0.05, 0) is 26.0 Å². The van der Waals surface area contributed by atoms with Crippen LogP contribution in [0.3, 0.4) is 0 Å². The number of nitriles is 2. The van der Waals surface area contributed by atoms with Crippen molar-refractivity contribution in [1.29, 1.82) is 10.5 Å². The molecule has 0 amide bonds. The Kier molecular flexibility index (Phi) is 10.0. The van der Waals surface area contributed by atoms with E-state index in [1.807, 2.05) is 0 Å². The molecule has 0 aromatic heterocycles. The summed E-state index contributed by atoms with van der Waals surface area (Å²) in [5.74, 6) is -1.61. The van der Waals surface area contributed by atoms with Crippen LogP contribution < -0.4 is 0 Å². The van der Waals surface area contributed by atoms with Crippen molar-refractivity contribution < 1.29 is 19.1 Å². The lowest BCUT2D eigenvalue weighted by atomic mass is 10.2. The topological polar surface area (TPSA) is 100 Å². The Morgan fingerprint density at radius 2 is 1.23 bits per heavy atom. The lowest BCUT2D eigenvalue weighted by Crippen LogP contribution is -2.15. The number of esters is 2. The number of carbonyl (C=O) groups excluding carboxylic acids is 2. The summed E-state index contributed by atoms with van der Waals surface area (Å²) in [7, 11) is 0. The molecule has 0 spiro atoms. The van der Waals surface area contributed by atoms with E-state index >= 15 is 0 Å². The van der Waals surface area contributed by atoms with E-state index < -0.39 is 11.9 Å². The van der Waals surface area contributed by atoms with Crippen LogP contribution in [-0.2, 0) is 19.1 Å². The molecule has 0 fully saturated rings. The van der Waals surface area contributed by atoms with Crippen LogP contribution >= 0.6 is 0 Å². The minimum Gasteiger partial charge on any atom is -0.458 e. The third kappa shape index (κ3) is 7.46. The Morgan fingerprint density at radius 1 is 0.864 bits per heavy atom. The monoisotopic (exact) mass is 300 g/mol. The normalized spacial score (nSPS) is 12.0. The minimum absolute atomic E-state index is 0.157. The van der Waals surface area contributed by atoms with Gasteiger partial charge in [-0.3, -0.25) is 0 Å². The Morgan fingerprint density at radius 3 is 1.50 bits per heavy atom. The van der Waals surface area contributed by atoms with Gasteiger partial charge in [-0.25, -0.2) is 9.59 Å². The molecule has 0 unspecified atom stereocenters. The molecule has 0 atom stereocenters. The number of hydrogen-bond donors (Lipinski definition) is 0. The zero-order valence-electron chi connectivity index (χ0n) is 12.4. The van der Waals surface area contributed by atoms with Crippen molar-refractivity contribution in [3.8, 4) is 12.1 Å². The molecule has 0 saturated carbocycles. The van der Waals surface area contributed by atoms with Gasteiger partial charge in [-0.2, -0.15) is 10.5 Å². The first kappa shape index (κ1) is 18.9. The van der Waals surface area contributed by atoms with Crippen molar-refractivity contribution >= 4 is 11.9 Å². The quantitative estimate of drug-likeness (QED) is 0.235. The maximum Gasteiger partial charge on any atom is 0.349 e. The van der Waals surface area contributed by atoms with Crippen LogP contribution in [0.15, 0.2) is 47.6 Å². The number of carbonyl (C=O) groups is 2. The molecule has 0 saturated heterocycles. The van der Waals surface area contributed by atoms with Gasteiger partial charge in [0.15, 0.2) is 0 Å². The van der Waals surface area contributed by atoms with E-state index in [1.165, 1.54) is 24.3 Å². The van der Waals surface area contributed by atoms with Gasteiger partial charge in [0.2, 0.25) is 0 Å². The first-order valence-electron chi connectivity index (χ1n) is 6.41. The SMILES string of the molecule is C/C=C/C=C(\C#N)C(=O)OCCOC(=O)/C(C#N)=C/C=C/C. The molecule has 0 rings (SSSR count). The highest BCUT2D eigenvalue weighted by molar-refractivity contribution is 5.93. The van der Waals surface area contributed by atoms with Crippen molar-refractivity contribution in [2.45, 2.75) is 13.8 Å². The van der Waals surface area contributed by atoms with Crippen LogP contribution in [0.4, 0.5) is 0 Å². The number of ether oxygens (including phenoxy) is 2. The van der Waals surface area contributed by atoms with E-state index in [-0.39, 0.29) is 24.4 Å². The summed E-state index contributed by atoms with van der Waals surface area (Å²) in [5, 5.41) is 17.5. The number of nitrogens with zero attached hydrogens (tertiary/aromatic N) is 2. The summed E-state index contributed by atoms with van der Waals surface area (Å²) in [6.07, 6.45) is 9.03. The van der Waals surface area contributed by atoms with E-state index in [0.29, 0.717) is 0 Å². The lowest BCUT2D eigenvalue weighted by Gasteiger charge is -2.05. The van der Waals surface area contributed by atoms with Gasteiger partial charge in [0.1, 0.15) is 36.5 Å². The highest BCUT2D eigenvalue weighted by Gasteiger charge is 2.12. The van der Waals surface area contributed by atoms with Crippen molar-refractivity contribution in [2.24, 2.45) is 0 Å². The van der Waals surface area contributed by atoms with Crippen LogP contribution in [0, 0.1) is 22.7 Å². The third-order valence-corrected chi connectivity index (χ3v) is 2.14.